The van der Waals surface area contributed by atoms with Gasteiger partial charge in [-0.1, -0.05) is 13.8 Å². The Bertz CT molecular complexity index is 1370. The molecule has 3 aliphatic rings. The molecule has 0 bridgehead atoms. The summed E-state index contributed by atoms with van der Waals surface area (Å²) >= 11 is 1.49. The fraction of sp³-hybridized carbons (Fsp3) is 0.423. The lowest BCUT2D eigenvalue weighted by Crippen LogP contribution is -2.41. The van der Waals surface area contributed by atoms with Crippen molar-refractivity contribution in [2.45, 2.75) is 27.3 Å². The number of thiophene rings is 1. The number of amides is 3. The number of pyridine rings is 2. The smallest absolute Gasteiger partial charge is 0.256 e. The highest BCUT2D eigenvalue weighted by Gasteiger charge is 2.72. The van der Waals surface area contributed by atoms with Crippen molar-refractivity contribution in [2.75, 3.05) is 26.3 Å². The number of rotatable bonds is 4. The normalized spacial score (nSPS) is 23.2. The lowest BCUT2D eigenvalue weighted by molar-refractivity contribution is -0.143. The van der Waals surface area contributed by atoms with Crippen LogP contribution in [0.25, 0.3) is 21.5 Å². The van der Waals surface area contributed by atoms with Crippen molar-refractivity contribution in [3.05, 3.63) is 46.6 Å². The highest BCUT2D eigenvalue weighted by Crippen LogP contribution is 2.63. The van der Waals surface area contributed by atoms with Gasteiger partial charge in [-0.25, -0.2) is 0 Å². The summed E-state index contributed by atoms with van der Waals surface area (Å²) in [6.45, 7) is 8.31. The first-order valence-corrected chi connectivity index (χ1v) is 12.7. The van der Waals surface area contributed by atoms with E-state index in [4.69, 9.17) is 4.74 Å². The molecule has 35 heavy (non-hydrogen) atoms. The largest absolute Gasteiger partial charge is 0.378 e. The number of morpholine rings is 1. The molecule has 8 nitrogen and oxygen atoms in total. The fourth-order valence-corrected chi connectivity index (χ4v) is 6.64. The molecular formula is C26H26N4O4S. The quantitative estimate of drug-likeness (QED) is 0.521. The maximum Gasteiger partial charge on any atom is 0.256 e. The van der Waals surface area contributed by atoms with E-state index in [-0.39, 0.29) is 41.5 Å². The minimum Gasteiger partial charge on any atom is -0.378 e. The van der Waals surface area contributed by atoms with Gasteiger partial charge in [-0.3, -0.25) is 29.3 Å². The maximum absolute atomic E-state index is 13.5. The van der Waals surface area contributed by atoms with E-state index in [0.29, 0.717) is 37.6 Å². The lowest BCUT2D eigenvalue weighted by Gasteiger charge is -2.28. The Morgan fingerprint density at radius 1 is 1.11 bits per heavy atom. The summed E-state index contributed by atoms with van der Waals surface area (Å²) in [5.74, 6) is -0.582. The van der Waals surface area contributed by atoms with Gasteiger partial charge in [0, 0.05) is 35.9 Å². The Labute approximate surface area is 206 Å². The third-order valence-corrected chi connectivity index (χ3v) is 8.74. The van der Waals surface area contributed by atoms with Crippen LogP contribution < -0.4 is 0 Å². The Kier molecular flexibility index (Phi) is 5.05. The molecule has 1 aliphatic carbocycles. The third-order valence-electron chi connectivity index (χ3n) is 7.60. The number of carbonyl (C=O) groups excluding carboxylic acids is 3. The monoisotopic (exact) mass is 490 g/mol. The summed E-state index contributed by atoms with van der Waals surface area (Å²) in [7, 11) is 0. The first-order chi connectivity index (χ1) is 16.8. The van der Waals surface area contributed by atoms with Crippen molar-refractivity contribution in [3.8, 4) is 11.3 Å². The molecule has 0 radical (unpaired) electrons. The van der Waals surface area contributed by atoms with Crippen LogP contribution in [0.1, 0.15) is 34.6 Å². The summed E-state index contributed by atoms with van der Waals surface area (Å²) in [6.07, 6.45) is 3.43. The first kappa shape index (κ1) is 22.3. The molecule has 2 saturated heterocycles. The molecule has 0 spiro atoms. The minimum atomic E-state index is -0.222. The van der Waals surface area contributed by atoms with Gasteiger partial charge >= 0.3 is 0 Å². The van der Waals surface area contributed by atoms with E-state index in [2.05, 4.69) is 9.97 Å². The van der Waals surface area contributed by atoms with Crippen LogP contribution in [0.3, 0.4) is 0 Å². The molecule has 2 unspecified atom stereocenters. The van der Waals surface area contributed by atoms with Crippen LogP contribution in [0.15, 0.2) is 30.6 Å². The Balaban J connectivity index is 1.36. The number of carbonyl (C=O) groups is 3. The van der Waals surface area contributed by atoms with E-state index in [0.717, 1.165) is 26.2 Å². The number of piperidine rings is 1. The van der Waals surface area contributed by atoms with Crippen LogP contribution >= 0.6 is 11.3 Å². The number of ether oxygens (including phenoxy) is 1. The van der Waals surface area contributed by atoms with Crippen molar-refractivity contribution in [1.29, 1.82) is 0 Å². The molecule has 3 aromatic rings. The van der Waals surface area contributed by atoms with Crippen molar-refractivity contribution in [1.82, 2.24) is 19.8 Å². The van der Waals surface area contributed by atoms with Crippen molar-refractivity contribution < 1.29 is 19.1 Å². The molecule has 0 N–H and O–H groups in total. The summed E-state index contributed by atoms with van der Waals surface area (Å²) < 4.78 is 6.30. The first-order valence-electron chi connectivity index (χ1n) is 11.8. The van der Waals surface area contributed by atoms with E-state index in [9.17, 15) is 14.4 Å². The van der Waals surface area contributed by atoms with Gasteiger partial charge in [0.1, 0.15) is 0 Å². The number of likely N-dealkylation sites (tertiary alicyclic amines) is 1. The number of hydrogen-bond acceptors (Lipinski definition) is 7. The van der Waals surface area contributed by atoms with Crippen LogP contribution in [0.4, 0.5) is 0 Å². The van der Waals surface area contributed by atoms with Gasteiger partial charge in [0.2, 0.25) is 11.8 Å². The second-order valence-corrected chi connectivity index (χ2v) is 11.2. The molecule has 3 fully saturated rings. The number of fused-ring (bicyclic) bond motifs is 2. The second-order valence-electron chi connectivity index (χ2n) is 10.1. The summed E-state index contributed by atoms with van der Waals surface area (Å²) in [4.78, 5) is 52.4. The summed E-state index contributed by atoms with van der Waals surface area (Å²) in [6, 6.07) is 5.66. The Morgan fingerprint density at radius 2 is 1.80 bits per heavy atom. The van der Waals surface area contributed by atoms with Crippen LogP contribution in [0.5, 0.6) is 0 Å². The standard InChI is InChI=1S/C26H26N4O4S/c1-14-4-6-28-21(18(14)23(31)29-8-10-34-11-9-29)16-5-7-27-17-12-15(35-22(16)17)13-30-24(32)19-20(25(30)33)26(19,2)3/h4-7,12,19-20H,8-11,13H2,1-3H3. The zero-order valence-corrected chi connectivity index (χ0v) is 20.7. The molecule has 5 heterocycles. The molecule has 3 aromatic heterocycles. The fourth-order valence-electron chi connectivity index (χ4n) is 5.52. The van der Waals surface area contributed by atoms with E-state index in [1.165, 1.54) is 16.2 Å². The van der Waals surface area contributed by atoms with Gasteiger partial charge in [0.05, 0.1) is 53.1 Å². The Hall–Kier alpha value is -3.17. The number of aromatic nitrogens is 2. The van der Waals surface area contributed by atoms with Crippen LogP contribution in [0, 0.1) is 24.2 Å². The zero-order valence-electron chi connectivity index (χ0n) is 19.9. The predicted molar refractivity (Wildman–Crippen MR) is 131 cm³/mol. The SMILES string of the molecule is Cc1ccnc(-c2ccnc3cc(CN4C(=O)C5C(C4=O)C5(C)C)sc23)c1C(=O)N1CCOCC1. The van der Waals surface area contributed by atoms with Gasteiger partial charge in [-0.05, 0) is 36.1 Å². The number of hydrogen-bond donors (Lipinski definition) is 0. The highest BCUT2D eigenvalue weighted by molar-refractivity contribution is 7.19. The Morgan fingerprint density at radius 3 is 2.51 bits per heavy atom. The topological polar surface area (TPSA) is 92.7 Å². The third kappa shape index (κ3) is 3.40. The highest BCUT2D eigenvalue weighted by atomic mass is 32.1. The molecule has 2 aliphatic heterocycles. The van der Waals surface area contributed by atoms with E-state index in [1.807, 2.05) is 43.9 Å². The summed E-state index contributed by atoms with van der Waals surface area (Å²) in [5.41, 5.74) is 3.44. The van der Waals surface area contributed by atoms with Gasteiger partial charge in [-0.2, -0.15) is 0 Å². The molecule has 180 valence electrons. The van der Waals surface area contributed by atoms with Gasteiger partial charge in [0.25, 0.3) is 5.91 Å². The molecule has 6 rings (SSSR count). The average molecular weight is 491 g/mol. The molecule has 3 amide bonds. The maximum atomic E-state index is 13.5. The van der Waals surface area contributed by atoms with Gasteiger partial charge < -0.3 is 9.64 Å². The van der Waals surface area contributed by atoms with Gasteiger partial charge in [-0.15, -0.1) is 11.3 Å². The van der Waals surface area contributed by atoms with E-state index in [1.54, 1.807) is 12.4 Å². The second kappa shape index (κ2) is 7.93. The minimum absolute atomic E-state index is 0.0502. The van der Waals surface area contributed by atoms with E-state index >= 15 is 0 Å². The molecule has 2 atom stereocenters. The van der Waals surface area contributed by atoms with Crippen LogP contribution in [-0.2, 0) is 20.9 Å². The average Bonchev–Trinajstić information content (AvgIpc) is 3.10. The molecule has 0 aromatic carbocycles. The van der Waals surface area contributed by atoms with Crippen LogP contribution in [-0.4, -0.2) is 63.8 Å². The molecule has 9 heteroatoms. The lowest BCUT2D eigenvalue weighted by atomic mass is 10.0. The molecular weight excluding hydrogens is 464 g/mol. The number of nitrogens with zero attached hydrogens (tertiary/aromatic N) is 4. The number of imide groups is 1. The summed E-state index contributed by atoms with van der Waals surface area (Å²) in [5, 5.41) is 0. The van der Waals surface area contributed by atoms with Crippen molar-refractivity contribution >= 4 is 39.3 Å². The van der Waals surface area contributed by atoms with Crippen LogP contribution in [0.2, 0.25) is 0 Å². The molecule has 1 saturated carbocycles. The van der Waals surface area contributed by atoms with Crippen molar-refractivity contribution in [2.24, 2.45) is 17.3 Å². The van der Waals surface area contributed by atoms with Crippen molar-refractivity contribution in [3.63, 3.8) is 0 Å². The van der Waals surface area contributed by atoms with Gasteiger partial charge in [0.15, 0.2) is 0 Å². The zero-order chi connectivity index (χ0) is 24.5. The predicted octanol–water partition coefficient (Wildman–Crippen LogP) is 3.28. The van der Waals surface area contributed by atoms with E-state index < -0.39 is 0 Å². The number of aryl methyl sites for hydroxylation is 1.